The number of rotatable bonds is 13. The minimum absolute atomic E-state index is 0.117. The lowest BCUT2D eigenvalue weighted by atomic mass is 10.1. The number of halogens is 3. The van der Waals surface area contributed by atoms with Crippen molar-refractivity contribution in [2.24, 2.45) is 0 Å². The zero-order valence-corrected chi connectivity index (χ0v) is 35.7. The van der Waals surface area contributed by atoms with Crippen molar-refractivity contribution in [3.05, 3.63) is 71.9 Å². The Morgan fingerprint density at radius 1 is 0.721 bits per heavy atom. The maximum absolute atomic E-state index is 14.1. The molecule has 7 amide bonds. The summed E-state index contributed by atoms with van der Waals surface area (Å²) in [5.74, 6) is -1.83. The Morgan fingerprint density at radius 2 is 1.25 bits per heavy atom. The van der Waals surface area contributed by atoms with Gasteiger partial charge in [0, 0.05) is 31.6 Å². The van der Waals surface area contributed by atoms with E-state index in [2.05, 4.69) is 31.7 Å². The van der Waals surface area contributed by atoms with Crippen molar-refractivity contribution in [1.82, 2.24) is 36.3 Å². The maximum atomic E-state index is 14.1. The normalized spacial score (nSPS) is 12.3. The highest BCUT2D eigenvalue weighted by molar-refractivity contribution is 5.95. The smallest absolute Gasteiger partial charge is 0.416 e. The van der Waals surface area contributed by atoms with Crippen LogP contribution in [0.4, 0.5) is 38.0 Å². The van der Waals surface area contributed by atoms with Crippen molar-refractivity contribution in [3.8, 4) is 0 Å². The van der Waals surface area contributed by atoms with E-state index in [0.29, 0.717) is 10.9 Å². The average Bonchev–Trinajstić information content (AvgIpc) is 3.11. The van der Waals surface area contributed by atoms with Crippen LogP contribution in [0.15, 0.2) is 60.8 Å². The van der Waals surface area contributed by atoms with Gasteiger partial charge in [-0.2, -0.15) is 13.2 Å². The van der Waals surface area contributed by atoms with Gasteiger partial charge in [-0.3, -0.25) is 20.0 Å². The molecular weight excluding hydrogens is 805 g/mol. The number of amides is 7. The Morgan fingerprint density at radius 3 is 1.77 bits per heavy atom. The number of aromatic nitrogens is 1. The van der Waals surface area contributed by atoms with E-state index >= 15 is 0 Å². The Hall–Kier alpha value is -6.34. The fourth-order valence-corrected chi connectivity index (χ4v) is 5.22. The first-order chi connectivity index (χ1) is 28.2. The summed E-state index contributed by atoms with van der Waals surface area (Å²) in [5, 5.41) is 11.5. The van der Waals surface area contributed by atoms with Gasteiger partial charge in [-0.15, -0.1) is 0 Å². The molecule has 0 bridgehead atoms. The minimum Gasteiger partial charge on any atom is -0.444 e. The van der Waals surface area contributed by atoms with E-state index in [4.69, 9.17) is 14.2 Å². The molecule has 20 heteroatoms. The number of anilines is 1. The number of hydrazine groups is 1. The molecule has 5 N–H and O–H groups in total. The van der Waals surface area contributed by atoms with E-state index < -0.39 is 83.7 Å². The summed E-state index contributed by atoms with van der Waals surface area (Å²) in [6.45, 7) is 13.7. The molecule has 1 aromatic heterocycles. The zero-order chi connectivity index (χ0) is 45.8. The summed E-state index contributed by atoms with van der Waals surface area (Å²) in [4.78, 5) is 85.2. The Balaban J connectivity index is 1.93. The van der Waals surface area contributed by atoms with Gasteiger partial charge in [0.05, 0.1) is 35.9 Å². The van der Waals surface area contributed by atoms with E-state index in [1.807, 2.05) is 0 Å². The SMILES string of the molecule is CC(C)(C)OC(=O)NCCN(CCNC(=O)OC(C)(C)C)C(=O)C[C@H](NC(=O)OC(C)(C)C)C(=O)NN(Cc1ccc(C(F)(F)F)cc1)C(=O)Nc1cnc2ccccc2c1. The van der Waals surface area contributed by atoms with Gasteiger partial charge < -0.3 is 40.4 Å². The number of para-hydroxylation sites is 1. The van der Waals surface area contributed by atoms with E-state index in [1.165, 1.54) is 11.1 Å². The first-order valence-corrected chi connectivity index (χ1v) is 19.3. The summed E-state index contributed by atoms with van der Waals surface area (Å²) >= 11 is 0. The molecule has 3 aromatic rings. The summed E-state index contributed by atoms with van der Waals surface area (Å²) in [6, 6.07) is 9.90. The number of urea groups is 1. The molecule has 2 aromatic carbocycles. The molecule has 3 rings (SSSR count). The van der Waals surface area contributed by atoms with Crippen molar-refractivity contribution >= 4 is 52.7 Å². The number of nitrogens with zero attached hydrogens (tertiary/aromatic N) is 3. The van der Waals surface area contributed by atoms with Crippen LogP contribution in [0.25, 0.3) is 10.9 Å². The van der Waals surface area contributed by atoms with Crippen LogP contribution in [0.3, 0.4) is 0 Å². The average molecular weight is 861 g/mol. The molecule has 0 saturated carbocycles. The first-order valence-electron chi connectivity index (χ1n) is 19.3. The van der Waals surface area contributed by atoms with Crippen LogP contribution < -0.4 is 26.7 Å². The number of nitrogens with one attached hydrogen (secondary N) is 5. The van der Waals surface area contributed by atoms with Crippen LogP contribution in [0.2, 0.25) is 0 Å². The highest BCUT2D eigenvalue weighted by Gasteiger charge is 2.32. The van der Waals surface area contributed by atoms with Crippen molar-refractivity contribution in [3.63, 3.8) is 0 Å². The Bertz CT molecular complexity index is 1980. The topological polar surface area (TPSA) is 210 Å². The minimum atomic E-state index is -4.63. The van der Waals surface area contributed by atoms with Crippen LogP contribution in [-0.4, -0.2) is 100 Å². The molecule has 0 fully saturated rings. The highest BCUT2D eigenvalue weighted by atomic mass is 19.4. The third-order valence-electron chi connectivity index (χ3n) is 7.79. The number of hydrogen-bond acceptors (Lipinski definition) is 10. The zero-order valence-electron chi connectivity index (χ0n) is 35.7. The van der Waals surface area contributed by atoms with Crippen LogP contribution in [0.5, 0.6) is 0 Å². The molecule has 0 radical (unpaired) electrons. The lowest BCUT2D eigenvalue weighted by Gasteiger charge is -2.29. The molecule has 61 heavy (non-hydrogen) atoms. The van der Waals surface area contributed by atoms with Crippen molar-refractivity contribution < 1.29 is 56.1 Å². The Labute approximate surface area is 352 Å². The van der Waals surface area contributed by atoms with Gasteiger partial charge in [0.1, 0.15) is 22.8 Å². The third-order valence-corrected chi connectivity index (χ3v) is 7.79. The standard InChI is InChI=1S/C41H55F3N8O9/c1-38(2,3)59-35(56)45-18-20-51(21-19-46-36(57)60-39(4,5)6)32(53)23-31(49-37(58)61-40(7,8)9)33(54)50-52(25-26-14-16-28(17-15-26)41(42,43)44)34(55)48-29-22-27-12-10-11-13-30(27)47-24-29/h10-17,22,24,31H,18-21,23,25H2,1-9H3,(H,45,56)(H,46,57)(H,48,55)(H,49,58)(H,50,54)/t31-/m0/s1. The van der Waals surface area contributed by atoms with Crippen LogP contribution in [0, 0.1) is 0 Å². The quantitative estimate of drug-likeness (QED) is 0.0933. The predicted octanol–water partition coefficient (Wildman–Crippen LogP) is 6.48. The number of ether oxygens (including phenoxy) is 3. The van der Waals surface area contributed by atoms with Gasteiger partial charge in [0.15, 0.2) is 0 Å². The van der Waals surface area contributed by atoms with Crippen molar-refractivity contribution in [2.45, 2.75) is 104 Å². The number of alkyl halides is 3. The molecule has 0 unspecified atom stereocenters. The van der Waals surface area contributed by atoms with Crippen molar-refractivity contribution in [1.29, 1.82) is 0 Å². The van der Waals surface area contributed by atoms with Crippen LogP contribution in [-0.2, 0) is 36.5 Å². The molecule has 1 atom stereocenters. The molecule has 0 spiro atoms. The summed E-state index contributed by atoms with van der Waals surface area (Å²) < 4.78 is 56.0. The second-order valence-corrected chi connectivity index (χ2v) is 16.7. The largest absolute Gasteiger partial charge is 0.444 e. The lowest BCUT2D eigenvalue weighted by molar-refractivity contribution is -0.137. The molecule has 0 saturated heterocycles. The van der Waals surface area contributed by atoms with Crippen LogP contribution in [0.1, 0.15) is 79.9 Å². The molecule has 1 heterocycles. The lowest BCUT2D eigenvalue weighted by Crippen LogP contribution is -2.56. The fourth-order valence-electron chi connectivity index (χ4n) is 5.22. The van der Waals surface area contributed by atoms with E-state index in [1.54, 1.807) is 92.6 Å². The number of fused-ring (bicyclic) bond motifs is 1. The number of alkyl carbamates (subject to hydrolysis) is 3. The monoisotopic (exact) mass is 860 g/mol. The highest BCUT2D eigenvalue weighted by Crippen LogP contribution is 2.29. The molecule has 0 aliphatic rings. The van der Waals surface area contributed by atoms with Gasteiger partial charge in [-0.1, -0.05) is 30.3 Å². The number of pyridine rings is 1. The van der Waals surface area contributed by atoms with Gasteiger partial charge in [0.2, 0.25) is 5.91 Å². The number of carbonyl (C=O) groups excluding carboxylic acids is 6. The maximum Gasteiger partial charge on any atom is 0.416 e. The Kier molecular flexibility index (Phi) is 16.7. The predicted molar refractivity (Wildman–Crippen MR) is 219 cm³/mol. The first kappa shape index (κ1) is 49.0. The molecule has 0 aliphatic heterocycles. The third kappa shape index (κ3) is 18.2. The summed E-state index contributed by atoms with van der Waals surface area (Å²) in [5.41, 5.74) is -0.189. The molecule has 17 nitrogen and oxygen atoms in total. The molecular formula is C41H55F3N8O9. The second-order valence-electron chi connectivity index (χ2n) is 16.7. The summed E-state index contributed by atoms with van der Waals surface area (Å²) in [7, 11) is 0. The molecule has 0 aliphatic carbocycles. The molecule has 334 valence electrons. The summed E-state index contributed by atoms with van der Waals surface area (Å²) in [6.07, 6.45) is -6.61. The number of hydrogen-bond donors (Lipinski definition) is 5. The fraction of sp³-hybridized carbons (Fsp3) is 0.488. The van der Waals surface area contributed by atoms with E-state index in [0.717, 1.165) is 29.3 Å². The van der Waals surface area contributed by atoms with Crippen LogP contribution >= 0.6 is 0 Å². The number of carbonyl (C=O) groups is 6. The van der Waals surface area contributed by atoms with E-state index in [-0.39, 0.29) is 37.4 Å². The second kappa shape index (κ2) is 20.8. The van der Waals surface area contributed by atoms with E-state index in [9.17, 15) is 41.9 Å². The number of benzene rings is 2. The van der Waals surface area contributed by atoms with Crippen molar-refractivity contribution in [2.75, 3.05) is 31.5 Å². The van der Waals surface area contributed by atoms with Gasteiger partial charge in [-0.05, 0) is 92.1 Å². The van der Waals surface area contributed by atoms with Gasteiger partial charge >= 0.3 is 30.5 Å². The van der Waals surface area contributed by atoms with Gasteiger partial charge in [0.25, 0.3) is 5.91 Å². The van der Waals surface area contributed by atoms with Gasteiger partial charge in [-0.25, -0.2) is 24.2 Å².